The highest BCUT2D eigenvalue weighted by molar-refractivity contribution is 9.08. The molecule has 0 aliphatic rings. The molecule has 0 amide bonds. The second kappa shape index (κ2) is 3.93. The first-order valence-electron chi connectivity index (χ1n) is 5.05. The molecule has 1 heterocycles. The second-order valence-electron chi connectivity index (χ2n) is 4.02. The van der Waals surface area contributed by atoms with Gasteiger partial charge < -0.3 is 0 Å². The number of alkyl halides is 1. The molecule has 2 rings (SSSR count). The van der Waals surface area contributed by atoms with Gasteiger partial charge in [-0.3, -0.25) is 4.98 Å². The molecule has 0 radical (unpaired) electrons. The predicted octanol–water partition coefficient (Wildman–Crippen LogP) is 4.05. The van der Waals surface area contributed by atoms with Crippen LogP contribution in [0.1, 0.15) is 22.4 Å². The number of rotatable bonds is 1. The molecular weight excluding hydrogens is 250 g/mol. The number of fused-ring (bicyclic) bond motifs is 1. The Morgan fingerprint density at radius 3 is 2.53 bits per heavy atom. The average Bonchev–Trinajstić information content (AvgIpc) is 2.16. The number of hydrogen-bond donors (Lipinski definition) is 0. The molecule has 1 aromatic heterocycles. The third-order valence-corrected chi connectivity index (χ3v) is 3.33. The second-order valence-corrected chi connectivity index (χ2v) is 4.58. The van der Waals surface area contributed by atoms with Crippen molar-refractivity contribution in [3.8, 4) is 0 Å². The Morgan fingerprint density at radius 1 is 1.13 bits per heavy atom. The van der Waals surface area contributed by atoms with Gasteiger partial charge in [-0.05, 0) is 49.6 Å². The van der Waals surface area contributed by atoms with Crippen molar-refractivity contribution < 1.29 is 0 Å². The number of aromatic nitrogens is 1. The maximum Gasteiger partial charge on any atom is 0.0710 e. The molecule has 0 N–H and O–H groups in total. The lowest BCUT2D eigenvalue weighted by molar-refractivity contribution is 1.18. The Morgan fingerprint density at radius 2 is 1.87 bits per heavy atom. The minimum atomic E-state index is 0.870. The van der Waals surface area contributed by atoms with Crippen LogP contribution in [0.15, 0.2) is 18.2 Å². The number of pyridine rings is 1. The van der Waals surface area contributed by atoms with Gasteiger partial charge in [-0.25, -0.2) is 0 Å². The van der Waals surface area contributed by atoms with Crippen LogP contribution in [0.4, 0.5) is 0 Å². The molecule has 0 saturated carbocycles. The normalized spacial score (nSPS) is 10.9. The van der Waals surface area contributed by atoms with Gasteiger partial charge in [0.25, 0.3) is 0 Å². The van der Waals surface area contributed by atoms with Gasteiger partial charge in [0.1, 0.15) is 0 Å². The highest BCUT2D eigenvalue weighted by Crippen LogP contribution is 2.22. The van der Waals surface area contributed by atoms with Crippen molar-refractivity contribution in [2.75, 3.05) is 0 Å². The van der Waals surface area contributed by atoms with Gasteiger partial charge in [-0.2, -0.15) is 0 Å². The highest BCUT2D eigenvalue weighted by Gasteiger charge is 2.04. The Kier molecular flexibility index (Phi) is 2.79. The third kappa shape index (κ3) is 1.91. The summed E-state index contributed by atoms with van der Waals surface area (Å²) in [5.74, 6) is 0. The fourth-order valence-electron chi connectivity index (χ4n) is 1.90. The van der Waals surface area contributed by atoms with Crippen molar-refractivity contribution in [2.24, 2.45) is 0 Å². The summed E-state index contributed by atoms with van der Waals surface area (Å²) in [5.41, 5.74) is 6.08. The molecule has 0 unspecified atom stereocenters. The van der Waals surface area contributed by atoms with Crippen LogP contribution in [0.2, 0.25) is 0 Å². The molecule has 0 saturated heterocycles. The monoisotopic (exact) mass is 263 g/mol. The molecule has 0 aliphatic heterocycles. The van der Waals surface area contributed by atoms with Crippen LogP contribution in [-0.4, -0.2) is 4.98 Å². The van der Waals surface area contributed by atoms with Crippen molar-refractivity contribution in [3.05, 3.63) is 40.6 Å². The van der Waals surface area contributed by atoms with Crippen LogP contribution in [0.25, 0.3) is 10.9 Å². The van der Waals surface area contributed by atoms with Crippen LogP contribution in [0.5, 0.6) is 0 Å². The van der Waals surface area contributed by atoms with E-state index in [-0.39, 0.29) is 0 Å². The van der Waals surface area contributed by atoms with Gasteiger partial charge in [0.2, 0.25) is 0 Å². The maximum atomic E-state index is 4.64. The van der Waals surface area contributed by atoms with Gasteiger partial charge in [-0.1, -0.05) is 22.0 Å². The molecule has 0 aliphatic carbocycles. The lowest BCUT2D eigenvalue weighted by Gasteiger charge is -2.08. The molecule has 0 spiro atoms. The van der Waals surface area contributed by atoms with Gasteiger partial charge in [0.05, 0.1) is 5.52 Å². The number of aryl methyl sites for hydroxylation is 3. The molecule has 0 bridgehead atoms. The van der Waals surface area contributed by atoms with E-state index in [4.69, 9.17) is 0 Å². The first-order chi connectivity index (χ1) is 7.11. The first kappa shape index (κ1) is 10.6. The highest BCUT2D eigenvalue weighted by atomic mass is 79.9. The van der Waals surface area contributed by atoms with Crippen molar-refractivity contribution in [2.45, 2.75) is 26.1 Å². The summed E-state index contributed by atoms with van der Waals surface area (Å²) < 4.78 is 0. The van der Waals surface area contributed by atoms with Gasteiger partial charge in [0.15, 0.2) is 0 Å². The van der Waals surface area contributed by atoms with E-state index in [0.717, 1.165) is 16.5 Å². The molecule has 1 nitrogen and oxygen atoms in total. The van der Waals surface area contributed by atoms with E-state index in [1.54, 1.807) is 0 Å². The van der Waals surface area contributed by atoms with E-state index in [2.05, 4.69) is 59.9 Å². The fraction of sp³-hybridized carbons (Fsp3) is 0.308. The van der Waals surface area contributed by atoms with Gasteiger partial charge in [-0.15, -0.1) is 0 Å². The quantitative estimate of drug-likeness (QED) is 0.708. The number of hydrogen-bond acceptors (Lipinski definition) is 1. The molecular formula is C13H14BrN. The van der Waals surface area contributed by atoms with Crippen molar-refractivity contribution in [3.63, 3.8) is 0 Å². The standard InChI is InChI=1S/C13H14BrN/c1-8-4-9(2)12-6-11(7-14)10(3)15-13(12)5-8/h4-6H,7H2,1-3H3. The lowest BCUT2D eigenvalue weighted by atomic mass is 10.0. The van der Waals surface area contributed by atoms with Crippen LogP contribution >= 0.6 is 15.9 Å². The zero-order chi connectivity index (χ0) is 11.0. The topological polar surface area (TPSA) is 12.9 Å². The van der Waals surface area contributed by atoms with Crippen molar-refractivity contribution >= 4 is 26.8 Å². The minimum Gasteiger partial charge on any atom is -0.253 e. The Balaban J connectivity index is 2.81. The molecule has 15 heavy (non-hydrogen) atoms. The van der Waals surface area contributed by atoms with E-state index >= 15 is 0 Å². The Labute approximate surface area is 98.7 Å². The molecule has 0 fully saturated rings. The van der Waals surface area contributed by atoms with E-state index in [0.29, 0.717) is 0 Å². The molecule has 0 atom stereocenters. The zero-order valence-electron chi connectivity index (χ0n) is 9.26. The van der Waals surface area contributed by atoms with E-state index in [1.165, 1.54) is 22.1 Å². The molecule has 2 aromatic rings. The van der Waals surface area contributed by atoms with E-state index in [1.807, 2.05) is 0 Å². The Bertz CT molecular complexity index is 517. The Hall–Kier alpha value is -0.890. The number of nitrogens with zero attached hydrogens (tertiary/aromatic N) is 1. The fourth-order valence-corrected chi connectivity index (χ4v) is 2.47. The SMILES string of the molecule is Cc1cc(C)c2cc(CBr)c(C)nc2c1. The summed E-state index contributed by atoms with van der Waals surface area (Å²) in [6.45, 7) is 6.32. The lowest BCUT2D eigenvalue weighted by Crippen LogP contribution is -1.93. The van der Waals surface area contributed by atoms with E-state index in [9.17, 15) is 0 Å². The van der Waals surface area contributed by atoms with Crippen molar-refractivity contribution in [1.29, 1.82) is 0 Å². The summed E-state index contributed by atoms with van der Waals surface area (Å²) in [6.07, 6.45) is 0. The third-order valence-electron chi connectivity index (χ3n) is 2.72. The van der Waals surface area contributed by atoms with E-state index < -0.39 is 0 Å². The van der Waals surface area contributed by atoms with Crippen LogP contribution in [0, 0.1) is 20.8 Å². The van der Waals surface area contributed by atoms with Gasteiger partial charge >= 0.3 is 0 Å². The summed E-state index contributed by atoms with van der Waals surface area (Å²) in [4.78, 5) is 4.64. The summed E-state index contributed by atoms with van der Waals surface area (Å²) in [7, 11) is 0. The van der Waals surface area contributed by atoms with Gasteiger partial charge in [0, 0.05) is 16.4 Å². The molecule has 2 heteroatoms. The zero-order valence-corrected chi connectivity index (χ0v) is 10.9. The number of benzene rings is 1. The predicted molar refractivity (Wildman–Crippen MR) is 68.6 cm³/mol. The first-order valence-corrected chi connectivity index (χ1v) is 6.17. The summed E-state index contributed by atoms with van der Waals surface area (Å²) >= 11 is 3.49. The van der Waals surface area contributed by atoms with Crippen LogP contribution in [0.3, 0.4) is 0 Å². The summed E-state index contributed by atoms with van der Waals surface area (Å²) in [6, 6.07) is 6.59. The number of halogens is 1. The summed E-state index contributed by atoms with van der Waals surface area (Å²) in [5, 5.41) is 2.13. The van der Waals surface area contributed by atoms with Crippen LogP contribution < -0.4 is 0 Å². The maximum absolute atomic E-state index is 4.64. The molecule has 78 valence electrons. The van der Waals surface area contributed by atoms with Crippen LogP contribution in [-0.2, 0) is 5.33 Å². The smallest absolute Gasteiger partial charge is 0.0710 e. The van der Waals surface area contributed by atoms with Crippen molar-refractivity contribution in [1.82, 2.24) is 4.98 Å². The molecule has 1 aromatic carbocycles. The average molecular weight is 264 g/mol. The largest absolute Gasteiger partial charge is 0.253 e. The minimum absolute atomic E-state index is 0.870.